The van der Waals surface area contributed by atoms with E-state index in [-0.39, 0.29) is 18.3 Å². The third-order valence-corrected chi connectivity index (χ3v) is 7.17. The predicted octanol–water partition coefficient (Wildman–Crippen LogP) is 5.13. The molecule has 0 aliphatic heterocycles. The van der Waals surface area contributed by atoms with Crippen LogP contribution in [0.1, 0.15) is 0 Å². The van der Waals surface area contributed by atoms with Crippen molar-refractivity contribution in [3.05, 3.63) is 0 Å². The molecule has 0 aromatic heterocycles. The van der Waals surface area contributed by atoms with Crippen LogP contribution in [0.15, 0.2) is 5.16 Å². The van der Waals surface area contributed by atoms with Crippen molar-refractivity contribution in [3.63, 3.8) is 0 Å². The minimum Gasteiger partial charge on any atom is -0.415 e. The number of hydrogen-bond donors (Lipinski definition) is 0. The Labute approximate surface area is 177 Å². The lowest BCUT2D eigenvalue weighted by Crippen LogP contribution is -2.55. The summed E-state index contributed by atoms with van der Waals surface area (Å²) in [4.78, 5) is 4.97. The molecule has 168 valence electrons. The molecule has 0 amide bonds. The van der Waals surface area contributed by atoms with Crippen LogP contribution < -0.4 is 0 Å². The maximum atomic E-state index is 6.64. The van der Waals surface area contributed by atoms with Crippen LogP contribution in [0.4, 0.5) is 0 Å². The standard InChI is InChI=1S/C18H45NO5Si4/c1-20-19-14-16(22-26(5,6)7)18(24-28(11,12)13)17(23-27(8,9)10)15-21-25(2,3)4/h14,16-18H,15H2,1-13H3/b19-14-/t16-,17+,18-/m0/s1. The number of hydrogen-bond acceptors (Lipinski definition) is 6. The fourth-order valence-corrected chi connectivity index (χ4v) is 6.34. The summed E-state index contributed by atoms with van der Waals surface area (Å²) in [5.74, 6) is 0. The van der Waals surface area contributed by atoms with Gasteiger partial charge in [0.25, 0.3) is 0 Å². The molecule has 0 saturated heterocycles. The molecule has 0 heterocycles. The number of rotatable bonds is 13. The smallest absolute Gasteiger partial charge is 0.184 e. The second-order valence-electron chi connectivity index (χ2n) is 11.0. The van der Waals surface area contributed by atoms with Gasteiger partial charge in [-0.1, -0.05) is 5.16 Å². The molecule has 10 heteroatoms. The Morgan fingerprint density at radius 1 is 0.679 bits per heavy atom. The van der Waals surface area contributed by atoms with Crippen LogP contribution in [0.5, 0.6) is 0 Å². The summed E-state index contributed by atoms with van der Waals surface area (Å²) in [7, 11) is -5.75. The molecule has 28 heavy (non-hydrogen) atoms. The van der Waals surface area contributed by atoms with E-state index in [0.717, 1.165) is 0 Å². The summed E-state index contributed by atoms with van der Waals surface area (Å²) in [6.07, 6.45) is 0.873. The molecule has 0 aromatic carbocycles. The van der Waals surface area contributed by atoms with E-state index in [0.29, 0.717) is 6.61 Å². The van der Waals surface area contributed by atoms with Gasteiger partial charge in [0.05, 0.1) is 18.9 Å². The molecule has 0 bridgehead atoms. The van der Waals surface area contributed by atoms with Crippen molar-refractivity contribution >= 4 is 39.5 Å². The van der Waals surface area contributed by atoms with Crippen molar-refractivity contribution in [3.8, 4) is 0 Å². The zero-order valence-electron chi connectivity index (χ0n) is 20.5. The number of oxime groups is 1. The van der Waals surface area contributed by atoms with Gasteiger partial charge >= 0.3 is 0 Å². The van der Waals surface area contributed by atoms with E-state index < -0.39 is 33.3 Å². The Bertz CT molecular complexity index is 478. The van der Waals surface area contributed by atoms with Gasteiger partial charge in [-0.15, -0.1) is 0 Å². The maximum Gasteiger partial charge on any atom is 0.184 e. The van der Waals surface area contributed by atoms with Crippen LogP contribution in [0.25, 0.3) is 0 Å². The van der Waals surface area contributed by atoms with Gasteiger partial charge in [-0.05, 0) is 78.6 Å². The maximum absolute atomic E-state index is 6.64. The van der Waals surface area contributed by atoms with Crippen LogP contribution in [0.2, 0.25) is 78.6 Å². The van der Waals surface area contributed by atoms with E-state index in [1.54, 1.807) is 13.3 Å². The van der Waals surface area contributed by atoms with E-state index >= 15 is 0 Å². The summed E-state index contributed by atoms with van der Waals surface area (Å²) in [6.45, 7) is 26.7. The molecule has 0 unspecified atom stereocenters. The normalized spacial score (nSPS) is 17.6. The predicted molar refractivity (Wildman–Crippen MR) is 129 cm³/mol. The topological polar surface area (TPSA) is 58.5 Å². The van der Waals surface area contributed by atoms with Crippen LogP contribution in [0.3, 0.4) is 0 Å². The average Bonchev–Trinajstić information content (AvgIpc) is 2.41. The van der Waals surface area contributed by atoms with E-state index in [9.17, 15) is 0 Å². The largest absolute Gasteiger partial charge is 0.415 e. The Balaban J connectivity index is 6.01. The lowest BCUT2D eigenvalue weighted by molar-refractivity contribution is -0.0281. The third-order valence-electron chi connectivity index (χ3n) is 3.17. The first kappa shape index (κ1) is 28.2. The minimum absolute atomic E-state index is 0.213. The quantitative estimate of drug-likeness (QED) is 0.213. The summed E-state index contributed by atoms with van der Waals surface area (Å²) in [6, 6.07) is 0. The van der Waals surface area contributed by atoms with Crippen molar-refractivity contribution in [2.45, 2.75) is 96.9 Å². The fraction of sp³-hybridized carbons (Fsp3) is 0.944. The molecule has 6 nitrogen and oxygen atoms in total. The van der Waals surface area contributed by atoms with Gasteiger partial charge in [-0.3, -0.25) is 0 Å². The number of nitrogens with zero attached hydrogens (tertiary/aromatic N) is 1. The van der Waals surface area contributed by atoms with Gasteiger partial charge < -0.3 is 22.5 Å². The minimum atomic E-state index is -1.89. The first-order valence-corrected chi connectivity index (χ1v) is 23.7. The first-order chi connectivity index (χ1) is 12.3. The van der Waals surface area contributed by atoms with Gasteiger partial charge in [-0.2, -0.15) is 0 Å². The van der Waals surface area contributed by atoms with E-state index in [2.05, 4.69) is 83.7 Å². The zero-order chi connectivity index (χ0) is 22.4. The summed E-state index contributed by atoms with van der Waals surface area (Å²) >= 11 is 0. The molecule has 0 aromatic rings. The molecule has 0 aliphatic rings. The van der Waals surface area contributed by atoms with Gasteiger partial charge in [0.1, 0.15) is 19.3 Å². The molecule has 0 radical (unpaired) electrons. The molecule has 3 atom stereocenters. The van der Waals surface area contributed by atoms with E-state index in [4.69, 9.17) is 22.5 Å². The van der Waals surface area contributed by atoms with Crippen LogP contribution in [0, 0.1) is 0 Å². The highest BCUT2D eigenvalue weighted by Gasteiger charge is 2.40. The molecule has 0 spiro atoms. The van der Waals surface area contributed by atoms with Crippen molar-refractivity contribution < 1.29 is 22.5 Å². The van der Waals surface area contributed by atoms with Gasteiger partial charge in [0, 0.05) is 0 Å². The van der Waals surface area contributed by atoms with E-state index in [1.165, 1.54) is 0 Å². The van der Waals surface area contributed by atoms with Crippen LogP contribution in [-0.4, -0.2) is 71.5 Å². The van der Waals surface area contributed by atoms with Crippen molar-refractivity contribution in [2.75, 3.05) is 13.7 Å². The van der Waals surface area contributed by atoms with Gasteiger partial charge in [0.15, 0.2) is 33.3 Å². The fourth-order valence-electron chi connectivity index (χ4n) is 2.46. The molecular formula is C18H45NO5Si4. The highest BCUT2D eigenvalue weighted by atomic mass is 28.4. The first-order valence-electron chi connectivity index (χ1n) is 10.1. The molecule has 0 saturated carbocycles. The highest BCUT2D eigenvalue weighted by molar-refractivity contribution is 6.71. The van der Waals surface area contributed by atoms with Gasteiger partial charge in [-0.25, -0.2) is 0 Å². The average molecular weight is 468 g/mol. The molecule has 0 fully saturated rings. The van der Waals surface area contributed by atoms with Crippen molar-refractivity contribution in [1.82, 2.24) is 0 Å². The van der Waals surface area contributed by atoms with E-state index in [1.807, 2.05) is 0 Å². The molecule has 0 aliphatic carbocycles. The monoisotopic (exact) mass is 467 g/mol. The second-order valence-corrected chi connectivity index (χ2v) is 28.9. The molecule has 0 N–H and O–H groups in total. The van der Waals surface area contributed by atoms with Crippen LogP contribution >= 0.6 is 0 Å². The van der Waals surface area contributed by atoms with Crippen molar-refractivity contribution in [1.29, 1.82) is 0 Å². The summed E-state index contributed by atoms with van der Waals surface area (Å²) in [5, 5.41) is 4.03. The van der Waals surface area contributed by atoms with Crippen LogP contribution in [-0.2, 0) is 22.5 Å². The Morgan fingerprint density at radius 2 is 1.14 bits per heavy atom. The Kier molecular flexibility index (Phi) is 11.1. The third kappa shape index (κ3) is 15.1. The SMILES string of the molecule is CO/N=C\[C@H](O[Si](C)(C)C)[C@H](O[Si](C)(C)C)[C@@H](CO[Si](C)(C)C)O[Si](C)(C)C. The van der Waals surface area contributed by atoms with Gasteiger partial charge in [0.2, 0.25) is 0 Å². The van der Waals surface area contributed by atoms with Crippen molar-refractivity contribution in [2.24, 2.45) is 5.16 Å². The Morgan fingerprint density at radius 3 is 1.50 bits per heavy atom. The highest BCUT2D eigenvalue weighted by Crippen LogP contribution is 2.24. The summed E-state index contributed by atoms with van der Waals surface area (Å²) in [5.41, 5.74) is 0. The lowest BCUT2D eigenvalue weighted by Gasteiger charge is -2.41. The lowest BCUT2D eigenvalue weighted by atomic mass is 10.1. The Hall–Kier alpha value is 0.178. The molecule has 0 rings (SSSR count). The molecular weight excluding hydrogens is 423 g/mol. The second kappa shape index (κ2) is 11.0. The zero-order valence-corrected chi connectivity index (χ0v) is 24.5. The summed E-state index contributed by atoms with van der Waals surface area (Å²) < 4.78 is 26.0.